The van der Waals surface area contributed by atoms with Crippen LogP contribution >= 0.6 is 23.1 Å². The van der Waals surface area contributed by atoms with Gasteiger partial charge >= 0.3 is 0 Å². The molecule has 0 radical (unpaired) electrons. The van der Waals surface area contributed by atoms with Gasteiger partial charge in [-0.05, 0) is 31.4 Å². The summed E-state index contributed by atoms with van der Waals surface area (Å²) in [6.07, 6.45) is 1.67. The Morgan fingerprint density at radius 3 is 3.13 bits per heavy atom. The number of para-hydroxylation sites is 1. The lowest BCUT2D eigenvalue weighted by Crippen LogP contribution is -2.37. The van der Waals surface area contributed by atoms with E-state index in [0.29, 0.717) is 13.2 Å². The van der Waals surface area contributed by atoms with E-state index in [-0.39, 0.29) is 11.8 Å². The summed E-state index contributed by atoms with van der Waals surface area (Å²) in [6.45, 7) is 3.09. The number of benzene rings is 1. The standard InChI is InChI=1S/C16H19N3O2S2/c1-11-18-19-16(23-11)22-8-4-7-17-15(20)13-9-12-5-2-3-6-14(12)21-10-13/h2-3,5-6,13H,4,7-10H2,1H3,(H,17,20). The summed E-state index contributed by atoms with van der Waals surface area (Å²) in [6, 6.07) is 7.91. The van der Waals surface area contributed by atoms with Crippen LogP contribution in [0.3, 0.4) is 0 Å². The predicted molar refractivity (Wildman–Crippen MR) is 92.1 cm³/mol. The molecule has 1 atom stereocenters. The van der Waals surface area contributed by atoms with Crippen LogP contribution in [-0.4, -0.2) is 35.0 Å². The van der Waals surface area contributed by atoms with Gasteiger partial charge in [-0.15, -0.1) is 10.2 Å². The van der Waals surface area contributed by atoms with Crippen LogP contribution in [0, 0.1) is 12.8 Å². The van der Waals surface area contributed by atoms with Gasteiger partial charge in [0.15, 0.2) is 4.34 Å². The van der Waals surface area contributed by atoms with E-state index in [1.54, 1.807) is 23.1 Å². The van der Waals surface area contributed by atoms with Crippen LogP contribution in [0.25, 0.3) is 0 Å². The number of ether oxygens (including phenoxy) is 1. The molecule has 0 aliphatic carbocycles. The molecule has 0 bridgehead atoms. The molecule has 3 rings (SSSR count). The number of thioether (sulfide) groups is 1. The van der Waals surface area contributed by atoms with Crippen LogP contribution in [0.15, 0.2) is 28.6 Å². The van der Waals surface area contributed by atoms with Gasteiger partial charge in [-0.3, -0.25) is 4.79 Å². The Balaban J connectivity index is 1.37. The summed E-state index contributed by atoms with van der Waals surface area (Å²) in [7, 11) is 0. The van der Waals surface area contributed by atoms with Crippen molar-refractivity contribution < 1.29 is 9.53 Å². The van der Waals surface area contributed by atoms with Gasteiger partial charge in [0.05, 0.1) is 5.92 Å². The number of carbonyl (C=O) groups excluding carboxylic acids is 1. The first kappa shape index (κ1) is 16.3. The maximum atomic E-state index is 12.2. The van der Waals surface area contributed by atoms with E-state index >= 15 is 0 Å². The van der Waals surface area contributed by atoms with Gasteiger partial charge in [-0.2, -0.15) is 0 Å². The molecule has 5 nitrogen and oxygen atoms in total. The maximum Gasteiger partial charge on any atom is 0.226 e. The van der Waals surface area contributed by atoms with Gasteiger partial charge < -0.3 is 10.1 Å². The highest BCUT2D eigenvalue weighted by molar-refractivity contribution is 8.01. The Morgan fingerprint density at radius 1 is 1.43 bits per heavy atom. The van der Waals surface area contributed by atoms with E-state index in [1.165, 1.54) is 0 Å². The van der Waals surface area contributed by atoms with E-state index in [2.05, 4.69) is 15.5 Å². The molecule has 0 saturated carbocycles. The molecule has 1 unspecified atom stereocenters. The number of nitrogens with zero attached hydrogens (tertiary/aromatic N) is 2. The molecule has 1 aromatic heterocycles. The van der Waals surface area contributed by atoms with Crippen LogP contribution in [-0.2, 0) is 11.2 Å². The van der Waals surface area contributed by atoms with Crippen molar-refractivity contribution >= 4 is 29.0 Å². The Kier molecular flexibility index (Phi) is 5.51. The molecule has 0 fully saturated rings. The molecule has 0 saturated heterocycles. The van der Waals surface area contributed by atoms with Crippen LogP contribution in [0.4, 0.5) is 0 Å². The molecule has 1 aliphatic heterocycles. The SMILES string of the molecule is Cc1nnc(SCCCNC(=O)C2COc3ccccc3C2)s1. The summed E-state index contributed by atoms with van der Waals surface area (Å²) < 4.78 is 6.66. The largest absolute Gasteiger partial charge is 0.492 e. The Bertz CT molecular complexity index is 675. The number of hydrogen-bond acceptors (Lipinski definition) is 6. The van der Waals surface area contributed by atoms with E-state index in [1.807, 2.05) is 31.2 Å². The molecular weight excluding hydrogens is 330 g/mol. The lowest BCUT2D eigenvalue weighted by molar-refractivity contribution is -0.126. The first-order valence-electron chi connectivity index (χ1n) is 7.63. The third kappa shape index (κ3) is 4.45. The van der Waals surface area contributed by atoms with Crippen molar-refractivity contribution in [2.45, 2.75) is 24.1 Å². The number of aryl methyl sites for hydroxylation is 1. The summed E-state index contributed by atoms with van der Waals surface area (Å²) in [5.41, 5.74) is 1.11. The maximum absolute atomic E-state index is 12.2. The van der Waals surface area contributed by atoms with Gasteiger partial charge in [0, 0.05) is 12.3 Å². The highest BCUT2D eigenvalue weighted by atomic mass is 32.2. The van der Waals surface area contributed by atoms with Crippen molar-refractivity contribution in [3.8, 4) is 5.75 Å². The van der Waals surface area contributed by atoms with Crippen LogP contribution in [0.5, 0.6) is 5.75 Å². The molecule has 0 spiro atoms. The quantitative estimate of drug-likeness (QED) is 0.642. The van der Waals surface area contributed by atoms with Crippen LogP contribution in [0.1, 0.15) is 17.0 Å². The zero-order chi connectivity index (χ0) is 16.1. The topological polar surface area (TPSA) is 64.1 Å². The molecule has 23 heavy (non-hydrogen) atoms. The lowest BCUT2D eigenvalue weighted by atomic mass is 9.96. The van der Waals surface area contributed by atoms with Gasteiger partial charge in [-0.1, -0.05) is 41.3 Å². The monoisotopic (exact) mass is 349 g/mol. The second-order valence-corrected chi connectivity index (χ2v) is 7.92. The minimum absolute atomic E-state index is 0.0799. The Hall–Kier alpha value is -1.60. The third-order valence-corrected chi connectivity index (χ3v) is 5.66. The normalized spacial score (nSPS) is 16.5. The van der Waals surface area contributed by atoms with E-state index < -0.39 is 0 Å². The zero-order valence-corrected chi connectivity index (χ0v) is 14.6. The fourth-order valence-electron chi connectivity index (χ4n) is 2.42. The third-order valence-electron chi connectivity index (χ3n) is 3.60. The van der Waals surface area contributed by atoms with Crippen molar-refractivity contribution in [3.63, 3.8) is 0 Å². The molecule has 1 aliphatic rings. The summed E-state index contributed by atoms with van der Waals surface area (Å²) in [4.78, 5) is 12.2. The fraction of sp³-hybridized carbons (Fsp3) is 0.438. The van der Waals surface area contributed by atoms with E-state index in [0.717, 1.165) is 39.3 Å². The summed E-state index contributed by atoms with van der Waals surface area (Å²) >= 11 is 3.29. The fourth-order valence-corrected chi connectivity index (χ4v) is 4.25. The number of aromatic nitrogens is 2. The molecule has 2 heterocycles. The van der Waals surface area contributed by atoms with Crippen molar-refractivity contribution in [2.75, 3.05) is 18.9 Å². The van der Waals surface area contributed by atoms with Gasteiger partial charge in [0.1, 0.15) is 17.4 Å². The number of rotatable bonds is 6. The van der Waals surface area contributed by atoms with E-state index in [4.69, 9.17) is 4.74 Å². The van der Waals surface area contributed by atoms with Gasteiger partial charge in [0.2, 0.25) is 5.91 Å². The lowest BCUT2D eigenvalue weighted by Gasteiger charge is -2.24. The van der Waals surface area contributed by atoms with Crippen molar-refractivity contribution in [1.29, 1.82) is 0 Å². The average molecular weight is 349 g/mol. The number of hydrogen-bond donors (Lipinski definition) is 1. The number of amides is 1. The van der Waals surface area contributed by atoms with Gasteiger partial charge in [-0.25, -0.2) is 0 Å². The summed E-state index contributed by atoms with van der Waals surface area (Å²) in [5.74, 6) is 1.82. The smallest absolute Gasteiger partial charge is 0.226 e. The zero-order valence-electron chi connectivity index (χ0n) is 12.9. The van der Waals surface area contributed by atoms with Crippen LogP contribution < -0.4 is 10.1 Å². The highest BCUT2D eigenvalue weighted by Crippen LogP contribution is 2.27. The minimum Gasteiger partial charge on any atom is -0.492 e. The van der Waals surface area contributed by atoms with E-state index in [9.17, 15) is 4.79 Å². The number of fused-ring (bicyclic) bond motifs is 1. The van der Waals surface area contributed by atoms with Crippen LogP contribution in [0.2, 0.25) is 0 Å². The predicted octanol–water partition coefficient (Wildman–Crippen LogP) is 2.70. The first-order valence-corrected chi connectivity index (χ1v) is 9.44. The molecule has 2 aromatic rings. The average Bonchev–Trinajstić information content (AvgIpc) is 2.99. The molecular formula is C16H19N3O2S2. The molecule has 1 aromatic carbocycles. The van der Waals surface area contributed by atoms with Gasteiger partial charge in [0.25, 0.3) is 0 Å². The Morgan fingerprint density at radius 2 is 2.30 bits per heavy atom. The second-order valence-electron chi connectivity index (χ2n) is 5.40. The summed E-state index contributed by atoms with van der Waals surface area (Å²) in [5, 5.41) is 12.1. The number of nitrogens with one attached hydrogen (secondary N) is 1. The molecule has 1 N–H and O–H groups in total. The minimum atomic E-state index is -0.0941. The van der Waals surface area contributed by atoms with Crippen molar-refractivity contribution in [2.24, 2.45) is 5.92 Å². The number of carbonyl (C=O) groups is 1. The second kappa shape index (κ2) is 7.79. The molecule has 1 amide bonds. The Labute approximate surface area is 143 Å². The highest BCUT2D eigenvalue weighted by Gasteiger charge is 2.25. The van der Waals surface area contributed by atoms with Crippen molar-refractivity contribution in [1.82, 2.24) is 15.5 Å². The van der Waals surface area contributed by atoms with Crippen molar-refractivity contribution in [3.05, 3.63) is 34.8 Å². The first-order chi connectivity index (χ1) is 11.2. The molecule has 122 valence electrons. The molecule has 7 heteroatoms.